The van der Waals surface area contributed by atoms with E-state index < -0.39 is 12.0 Å². The molecule has 3 aromatic rings. The molecule has 29 heavy (non-hydrogen) atoms. The lowest BCUT2D eigenvalue weighted by molar-refractivity contribution is -0.144. The van der Waals surface area contributed by atoms with Crippen LogP contribution in [0.1, 0.15) is 17.2 Å². The van der Waals surface area contributed by atoms with Crippen LogP contribution in [0.5, 0.6) is 0 Å². The number of hydrogen-bond acceptors (Lipinski definition) is 3. The molecule has 1 atom stereocenters. The van der Waals surface area contributed by atoms with Gasteiger partial charge in [-0.25, -0.2) is 0 Å². The molecular weight excluding hydrogens is 386 g/mol. The van der Waals surface area contributed by atoms with E-state index in [0.717, 1.165) is 36.1 Å². The van der Waals surface area contributed by atoms with Crippen molar-refractivity contribution in [2.24, 2.45) is 0 Å². The number of piperazine rings is 1. The van der Waals surface area contributed by atoms with Crippen molar-refractivity contribution in [1.29, 1.82) is 0 Å². The zero-order chi connectivity index (χ0) is 20.2. The van der Waals surface area contributed by atoms with E-state index in [1.165, 1.54) is 5.56 Å². The minimum absolute atomic E-state index is 0.609. The van der Waals surface area contributed by atoms with Crippen LogP contribution in [0.25, 0.3) is 17.0 Å². The van der Waals surface area contributed by atoms with Crippen molar-refractivity contribution in [3.63, 3.8) is 0 Å². The normalized spacial score (nSPS) is 17.1. The Balaban J connectivity index is 1.42. The summed E-state index contributed by atoms with van der Waals surface area (Å²) in [5.74, 6) is -0.830. The molecule has 1 saturated heterocycles. The van der Waals surface area contributed by atoms with Gasteiger partial charge in [-0.3, -0.25) is 14.6 Å². The third-order valence-electron chi connectivity index (χ3n) is 5.45. The Morgan fingerprint density at radius 2 is 1.90 bits per heavy atom. The zero-order valence-corrected chi connectivity index (χ0v) is 16.8. The van der Waals surface area contributed by atoms with Gasteiger partial charge in [0.1, 0.15) is 6.04 Å². The van der Waals surface area contributed by atoms with Gasteiger partial charge in [-0.05, 0) is 23.8 Å². The number of nitrogens with zero attached hydrogens (tertiary/aromatic N) is 2. The molecule has 1 fully saturated rings. The number of fused-ring (bicyclic) bond motifs is 1. The fourth-order valence-corrected chi connectivity index (χ4v) is 4.10. The molecular formula is C23H24ClN3O2. The molecule has 0 saturated carbocycles. The number of carboxylic acid groups (broad SMARTS) is 1. The fourth-order valence-electron chi connectivity index (χ4n) is 3.93. The van der Waals surface area contributed by atoms with Gasteiger partial charge in [0.2, 0.25) is 0 Å². The number of benzene rings is 2. The van der Waals surface area contributed by atoms with Crippen molar-refractivity contribution in [3.05, 3.63) is 77.0 Å². The predicted octanol–water partition coefficient (Wildman–Crippen LogP) is 4.28. The first-order valence-corrected chi connectivity index (χ1v) is 10.2. The second kappa shape index (κ2) is 8.82. The highest BCUT2D eigenvalue weighted by Gasteiger charge is 2.31. The molecule has 150 valence electrons. The minimum atomic E-state index is -0.830. The van der Waals surface area contributed by atoms with Crippen LogP contribution in [0.4, 0.5) is 0 Å². The quantitative estimate of drug-likeness (QED) is 0.638. The first kappa shape index (κ1) is 19.7. The molecule has 0 bridgehead atoms. The SMILES string of the molecule is O=C(O)C(c1c[nH]c2ccc(Cl)cc12)N1CCN(C/C=C/c2ccccc2)CC1. The Labute approximate surface area is 175 Å². The van der Waals surface area contributed by atoms with E-state index in [0.29, 0.717) is 18.1 Å². The van der Waals surface area contributed by atoms with Gasteiger partial charge in [0.25, 0.3) is 0 Å². The van der Waals surface area contributed by atoms with Crippen LogP contribution in [0.15, 0.2) is 60.8 Å². The Kier molecular flexibility index (Phi) is 6.00. The predicted molar refractivity (Wildman–Crippen MR) is 117 cm³/mol. The number of rotatable bonds is 6. The Morgan fingerprint density at radius 3 is 2.62 bits per heavy atom. The molecule has 1 unspecified atom stereocenters. The van der Waals surface area contributed by atoms with Crippen LogP contribution in [-0.2, 0) is 4.79 Å². The summed E-state index contributed by atoms with van der Waals surface area (Å²) in [6.07, 6.45) is 6.10. The molecule has 2 N–H and O–H groups in total. The molecule has 0 amide bonds. The lowest BCUT2D eigenvalue weighted by atomic mass is 10.0. The Bertz CT molecular complexity index is 1010. The number of carbonyl (C=O) groups is 1. The number of aliphatic carboxylic acids is 1. The molecule has 6 heteroatoms. The third kappa shape index (κ3) is 4.53. The topological polar surface area (TPSA) is 59.6 Å². The summed E-state index contributed by atoms with van der Waals surface area (Å²) < 4.78 is 0. The van der Waals surface area contributed by atoms with Crippen molar-refractivity contribution in [2.75, 3.05) is 32.7 Å². The average molecular weight is 410 g/mol. The number of H-pyrrole nitrogens is 1. The van der Waals surface area contributed by atoms with Crippen LogP contribution < -0.4 is 0 Å². The molecule has 0 aliphatic carbocycles. The number of halogens is 1. The number of aromatic nitrogens is 1. The fraction of sp³-hybridized carbons (Fsp3) is 0.261. The molecule has 2 aromatic carbocycles. The summed E-state index contributed by atoms with van der Waals surface area (Å²) in [6, 6.07) is 15.1. The molecule has 0 radical (unpaired) electrons. The van der Waals surface area contributed by atoms with Gasteiger partial charge in [-0.2, -0.15) is 0 Å². The molecule has 4 rings (SSSR count). The van der Waals surface area contributed by atoms with E-state index in [9.17, 15) is 9.90 Å². The number of nitrogens with one attached hydrogen (secondary N) is 1. The second-order valence-corrected chi connectivity index (χ2v) is 7.76. The smallest absolute Gasteiger partial charge is 0.325 e. The largest absolute Gasteiger partial charge is 0.480 e. The highest BCUT2D eigenvalue weighted by atomic mass is 35.5. The minimum Gasteiger partial charge on any atom is -0.480 e. The lowest BCUT2D eigenvalue weighted by Crippen LogP contribution is -2.49. The highest BCUT2D eigenvalue weighted by Crippen LogP contribution is 2.31. The maximum absolute atomic E-state index is 12.1. The average Bonchev–Trinajstić information content (AvgIpc) is 3.13. The van der Waals surface area contributed by atoms with Gasteiger partial charge in [0, 0.05) is 60.4 Å². The van der Waals surface area contributed by atoms with Crippen molar-refractivity contribution >= 4 is 34.5 Å². The molecule has 1 aromatic heterocycles. The van der Waals surface area contributed by atoms with E-state index in [1.807, 2.05) is 41.3 Å². The van der Waals surface area contributed by atoms with Crippen molar-refractivity contribution in [2.45, 2.75) is 6.04 Å². The van der Waals surface area contributed by atoms with Crippen LogP contribution in [0.3, 0.4) is 0 Å². The summed E-state index contributed by atoms with van der Waals surface area (Å²) in [7, 11) is 0. The first-order valence-electron chi connectivity index (χ1n) is 9.79. The standard InChI is InChI=1S/C23H24ClN3O2/c24-18-8-9-21-19(15-18)20(16-25-21)22(23(28)29)27-13-11-26(12-14-27)10-4-7-17-5-2-1-3-6-17/h1-9,15-16,22,25H,10-14H2,(H,28,29)/b7-4+. The number of aromatic amines is 1. The zero-order valence-electron chi connectivity index (χ0n) is 16.1. The number of hydrogen-bond donors (Lipinski definition) is 2. The molecule has 1 aliphatic heterocycles. The monoisotopic (exact) mass is 409 g/mol. The lowest BCUT2D eigenvalue weighted by Gasteiger charge is -2.37. The summed E-state index contributed by atoms with van der Waals surface area (Å²) >= 11 is 6.14. The van der Waals surface area contributed by atoms with Crippen LogP contribution in [0, 0.1) is 0 Å². The Hall–Kier alpha value is -2.60. The Morgan fingerprint density at radius 1 is 1.14 bits per heavy atom. The van der Waals surface area contributed by atoms with Gasteiger partial charge in [-0.15, -0.1) is 0 Å². The second-order valence-electron chi connectivity index (χ2n) is 7.32. The van der Waals surface area contributed by atoms with E-state index in [-0.39, 0.29) is 0 Å². The van der Waals surface area contributed by atoms with Crippen LogP contribution in [-0.4, -0.2) is 58.6 Å². The molecule has 1 aliphatic rings. The van der Waals surface area contributed by atoms with E-state index in [2.05, 4.69) is 34.2 Å². The van der Waals surface area contributed by atoms with Crippen molar-refractivity contribution in [3.8, 4) is 0 Å². The van der Waals surface area contributed by atoms with Gasteiger partial charge >= 0.3 is 5.97 Å². The summed E-state index contributed by atoms with van der Waals surface area (Å²) in [6.45, 7) is 3.97. The van der Waals surface area contributed by atoms with Gasteiger partial charge in [0.15, 0.2) is 0 Å². The maximum Gasteiger partial charge on any atom is 0.325 e. The van der Waals surface area contributed by atoms with E-state index >= 15 is 0 Å². The van der Waals surface area contributed by atoms with Gasteiger partial charge < -0.3 is 10.1 Å². The van der Waals surface area contributed by atoms with Gasteiger partial charge in [-0.1, -0.05) is 54.1 Å². The van der Waals surface area contributed by atoms with Crippen molar-refractivity contribution in [1.82, 2.24) is 14.8 Å². The molecule has 2 heterocycles. The molecule has 5 nitrogen and oxygen atoms in total. The van der Waals surface area contributed by atoms with Crippen LogP contribution in [0.2, 0.25) is 5.02 Å². The van der Waals surface area contributed by atoms with Gasteiger partial charge in [0.05, 0.1) is 0 Å². The number of carboxylic acids is 1. The maximum atomic E-state index is 12.1. The van der Waals surface area contributed by atoms with Crippen molar-refractivity contribution < 1.29 is 9.90 Å². The summed E-state index contributed by atoms with van der Waals surface area (Å²) in [5.41, 5.74) is 2.86. The van der Waals surface area contributed by atoms with E-state index in [1.54, 1.807) is 6.20 Å². The van der Waals surface area contributed by atoms with E-state index in [4.69, 9.17) is 11.6 Å². The first-order chi connectivity index (χ1) is 14.1. The highest BCUT2D eigenvalue weighted by molar-refractivity contribution is 6.31. The molecule has 0 spiro atoms. The summed E-state index contributed by atoms with van der Waals surface area (Å²) in [5, 5.41) is 11.4. The summed E-state index contributed by atoms with van der Waals surface area (Å²) in [4.78, 5) is 19.7. The van der Waals surface area contributed by atoms with Crippen LogP contribution >= 0.6 is 11.6 Å². The third-order valence-corrected chi connectivity index (χ3v) is 5.68.